The van der Waals surface area contributed by atoms with Gasteiger partial charge in [-0.3, -0.25) is 9.59 Å². The van der Waals surface area contributed by atoms with E-state index < -0.39 is 46.9 Å². The molecular weight excluding hydrogens is 411 g/mol. The summed E-state index contributed by atoms with van der Waals surface area (Å²) in [4.78, 5) is 23.6. The standard InChI is InChI=1S/C20H13F5N2O3/c21-15-8-7-14(20(23,24)25)18(22)13(15)6-3-9-27-19(30)12-5-2-1-4-11(12)16(26-27)10-17(28)29/h1-8H,9-10H2,(H,28,29). The second-order valence-corrected chi connectivity index (χ2v) is 6.27. The molecule has 30 heavy (non-hydrogen) atoms. The predicted molar refractivity (Wildman–Crippen MR) is 97.7 cm³/mol. The molecule has 0 aliphatic carbocycles. The molecule has 1 heterocycles. The highest BCUT2D eigenvalue weighted by molar-refractivity contribution is 5.86. The Morgan fingerprint density at radius 1 is 1.10 bits per heavy atom. The Morgan fingerprint density at radius 2 is 1.77 bits per heavy atom. The third-order valence-corrected chi connectivity index (χ3v) is 4.26. The van der Waals surface area contributed by atoms with E-state index in [2.05, 4.69) is 5.10 Å². The molecule has 5 nitrogen and oxygen atoms in total. The van der Waals surface area contributed by atoms with Gasteiger partial charge in [0.2, 0.25) is 0 Å². The minimum Gasteiger partial charge on any atom is -0.481 e. The average Bonchev–Trinajstić information content (AvgIpc) is 2.66. The number of rotatable bonds is 5. The lowest BCUT2D eigenvalue weighted by Crippen LogP contribution is -2.25. The lowest BCUT2D eigenvalue weighted by atomic mass is 10.1. The van der Waals surface area contributed by atoms with Gasteiger partial charge in [0.05, 0.1) is 29.6 Å². The molecule has 0 amide bonds. The fourth-order valence-corrected chi connectivity index (χ4v) is 2.91. The first-order chi connectivity index (χ1) is 14.1. The van der Waals surface area contributed by atoms with Crippen LogP contribution in [0.3, 0.4) is 0 Å². The van der Waals surface area contributed by atoms with Crippen LogP contribution in [-0.4, -0.2) is 20.9 Å². The van der Waals surface area contributed by atoms with E-state index in [1.165, 1.54) is 12.1 Å². The summed E-state index contributed by atoms with van der Waals surface area (Å²) in [5.74, 6) is -4.16. The number of benzene rings is 2. The first kappa shape index (κ1) is 21.2. The summed E-state index contributed by atoms with van der Waals surface area (Å²) in [7, 11) is 0. The lowest BCUT2D eigenvalue weighted by molar-refractivity contribution is -0.140. The van der Waals surface area contributed by atoms with Crippen LogP contribution in [0.15, 0.2) is 47.3 Å². The molecule has 10 heteroatoms. The van der Waals surface area contributed by atoms with E-state index >= 15 is 0 Å². The lowest BCUT2D eigenvalue weighted by Gasteiger charge is -2.10. The van der Waals surface area contributed by atoms with Crippen LogP contribution in [0.5, 0.6) is 0 Å². The predicted octanol–water partition coefficient (Wildman–Crippen LogP) is 4.03. The van der Waals surface area contributed by atoms with E-state index in [0.29, 0.717) is 17.5 Å². The van der Waals surface area contributed by atoms with Crippen molar-refractivity contribution in [3.63, 3.8) is 0 Å². The molecule has 1 N–H and O–H groups in total. The summed E-state index contributed by atoms with van der Waals surface area (Å²) in [6, 6.07) is 6.99. The zero-order chi connectivity index (χ0) is 22.1. The number of allylic oxidation sites excluding steroid dienone is 1. The zero-order valence-electron chi connectivity index (χ0n) is 15.1. The van der Waals surface area contributed by atoms with E-state index in [4.69, 9.17) is 5.11 Å². The van der Waals surface area contributed by atoms with E-state index in [-0.39, 0.29) is 17.6 Å². The molecule has 0 unspecified atom stereocenters. The number of fused-ring (bicyclic) bond motifs is 1. The maximum absolute atomic E-state index is 14.1. The minimum atomic E-state index is -5.00. The second kappa shape index (κ2) is 8.05. The van der Waals surface area contributed by atoms with Crippen molar-refractivity contribution < 1.29 is 31.9 Å². The van der Waals surface area contributed by atoms with E-state index in [0.717, 1.165) is 16.8 Å². The summed E-state index contributed by atoms with van der Waals surface area (Å²) in [6.45, 7) is -0.342. The van der Waals surface area contributed by atoms with Crippen molar-refractivity contribution in [2.75, 3.05) is 0 Å². The Balaban J connectivity index is 2.01. The Kier molecular flexibility index (Phi) is 5.68. The smallest absolute Gasteiger partial charge is 0.419 e. The summed E-state index contributed by atoms with van der Waals surface area (Å²) >= 11 is 0. The molecule has 0 aliphatic heterocycles. The summed E-state index contributed by atoms with van der Waals surface area (Å²) < 4.78 is 67.2. The average molecular weight is 424 g/mol. The number of aromatic nitrogens is 2. The van der Waals surface area contributed by atoms with Crippen LogP contribution in [0.25, 0.3) is 16.8 Å². The molecule has 0 radical (unpaired) electrons. The van der Waals surface area contributed by atoms with Gasteiger partial charge in [-0.15, -0.1) is 0 Å². The molecule has 156 valence electrons. The number of hydrogen-bond acceptors (Lipinski definition) is 3. The van der Waals surface area contributed by atoms with E-state index in [9.17, 15) is 31.5 Å². The second-order valence-electron chi connectivity index (χ2n) is 6.27. The van der Waals surface area contributed by atoms with Gasteiger partial charge >= 0.3 is 12.1 Å². The highest BCUT2D eigenvalue weighted by atomic mass is 19.4. The van der Waals surface area contributed by atoms with Crippen LogP contribution >= 0.6 is 0 Å². The van der Waals surface area contributed by atoms with Gasteiger partial charge in [-0.2, -0.15) is 18.3 Å². The topological polar surface area (TPSA) is 72.2 Å². The third-order valence-electron chi connectivity index (χ3n) is 4.26. The number of carboxylic acid groups (broad SMARTS) is 1. The highest BCUT2D eigenvalue weighted by Gasteiger charge is 2.35. The van der Waals surface area contributed by atoms with Crippen LogP contribution < -0.4 is 5.56 Å². The van der Waals surface area contributed by atoms with Crippen molar-refractivity contribution in [2.24, 2.45) is 0 Å². The summed E-state index contributed by atoms with van der Waals surface area (Å²) in [5.41, 5.74) is -3.02. The zero-order valence-corrected chi connectivity index (χ0v) is 15.1. The molecule has 0 aliphatic rings. The number of aliphatic carboxylic acids is 1. The fourth-order valence-electron chi connectivity index (χ4n) is 2.91. The van der Waals surface area contributed by atoms with Gasteiger partial charge in [0.25, 0.3) is 5.56 Å². The molecule has 3 aromatic rings. The van der Waals surface area contributed by atoms with Crippen LogP contribution in [0.1, 0.15) is 16.8 Å². The minimum absolute atomic E-state index is 0.0996. The summed E-state index contributed by atoms with van der Waals surface area (Å²) in [6.07, 6.45) is -3.63. The first-order valence-electron chi connectivity index (χ1n) is 8.52. The van der Waals surface area contributed by atoms with Crippen LogP contribution in [-0.2, 0) is 23.9 Å². The quantitative estimate of drug-likeness (QED) is 0.628. The molecule has 2 aromatic carbocycles. The molecule has 0 saturated carbocycles. The van der Waals surface area contributed by atoms with Crippen molar-refractivity contribution in [1.82, 2.24) is 9.78 Å². The molecule has 0 fully saturated rings. The maximum atomic E-state index is 14.1. The van der Waals surface area contributed by atoms with Crippen LogP contribution in [0.2, 0.25) is 0 Å². The molecule has 1 aromatic heterocycles. The van der Waals surface area contributed by atoms with Gasteiger partial charge in [-0.1, -0.05) is 30.4 Å². The molecule has 3 rings (SSSR count). The molecule has 0 atom stereocenters. The van der Waals surface area contributed by atoms with Crippen molar-refractivity contribution >= 4 is 22.8 Å². The van der Waals surface area contributed by atoms with Gasteiger partial charge in [-0.25, -0.2) is 13.5 Å². The van der Waals surface area contributed by atoms with Gasteiger partial charge in [0.15, 0.2) is 0 Å². The van der Waals surface area contributed by atoms with Gasteiger partial charge in [0.1, 0.15) is 11.6 Å². The molecule has 0 spiro atoms. The van der Waals surface area contributed by atoms with Crippen molar-refractivity contribution in [3.05, 3.63) is 81.3 Å². The number of carboxylic acids is 1. The van der Waals surface area contributed by atoms with Crippen LogP contribution in [0, 0.1) is 11.6 Å². The monoisotopic (exact) mass is 424 g/mol. The SMILES string of the molecule is O=C(O)Cc1nn(CC=Cc2c(F)ccc(C(F)(F)F)c2F)c(=O)c2ccccc12. The summed E-state index contributed by atoms with van der Waals surface area (Å²) in [5, 5.41) is 13.6. The normalized spacial score (nSPS) is 12.0. The number of hydrogen-bond donors (Lipinski definition) is 1. The third kappa shape index (κ3) is 4.22. The maximum Gasteiger partial charge on any atom is 0.419 e. The Labute approximate surface area is 165 Å². The first-order valence-corrected chi connectivity index (χ1v) is 8.52. The van der Waals surface area contributed by atoms with E-state index in [1.807, 2.05) is 0 Å². The Bertz CT molecular complexity index is 1220. The van der Waals surface area contributed by atoms with E-state index in [1.54, 1.807) is 12.1 Å². The fraction of sp³-hybridized carbons (Fsp3) is 0.150. The number of nitrogens with zero attached hydrogens (tertiary/aromatic N) is 2. The molecule has 0 bridgehead atoms. The highest BCUT2D eigenvalue weighted by Crippen LogP contribution is 2.33. The Morgan fingerprint density at radius 3 is 2.40 bits per heavy atom. The van der Waals surface area contributed by atoms with Gasteiger partial charge < -0.3 is 5.11 Å². The molecule has 0 saturated heterocycles. The molecular formula is C20H13F5N2O3. The number of carbonyl (C=O) groups is 1. The number of alkyl halides is 3. The van der Waals surface area contributed by atoms with Crippen molar-refractivity contribution in [1.29, 1.82) is 0 Å². The van der Waals surface area contributed by atoms with Crippen LogP contribution in [0.4, 0.5) is 22.0 Å². The van der Waals surface area contributed by atoms with Crippen molar-refractivity contribution in [2.45, 2.75) is 19.1 Å². The number of halogens is 5. The largest absolute Gasteiger partial charge is 0.481 e. The van der Waals surface area contributed by atoms with Gasteiger partial charge in [-0.05, 0) is 18.2 Å². The Hall–Kier alpha value is -3.56. The van der Waals surface area contributed by atoms with Gasteiger partial charge in [0, 0.05) is 10.9 Å². The van der Waals surface area contributed by atoms with Crippen molar-refractivity contribution in [3.8, 4) is 0 Å².